The molecule has 0 saturated heterocycles. The summed E-state index contributed by atoms with van der Waals surface area (Å²) in [6, 6.07) is 34.1. The summed E-state index contributed by atoms with van der Waals surface area (Å²) in [5.41, 5.74) is 3.79. The molecule has 0 bridgehead atoms. The van der Waals surface area contributed by atoms with E-state index in [2.05, 4.69) is 109 Å². The van der Waals surface area contributed by atoms with Crippen molar-refractivity contribution < 1.29 is 0 Å². The van der Waals surface area contributed by atoms with Gasteiger partial charge in [-0.15, -0.1) is 0 Å². The summed E-state index contributed by atoms with van der Waals surface area (Å²) >= 11 is 0. The lowest BCUT2D eigenvalue weighted by molar-refractivity contribution is 1.73. The third kappa shape index (κ3) is 2.60. The Morgan fingerprint density at radius 3 is 1.81 bits per heavy atom. The normalized spacial score (nSPS) is 14.5. The van der Waals surface area contributed by atoms with E-state index in [1.165, 1.54) is 59.4 Å². The Bertz CT molecular complexity index is 1750. The van der Waals surface area contributed by atoms with Gasteiger partial charge in [0.25, 0.3) is 0 Å². The Hall–Kier alpha value is -3.68. The van der Waals surface area contributed by atoms with Gasteiger partial charge < -0.3 is 0 Å². The smallest absolute Gasteiger partial charge is 0.0791 e. The van der Waals surface area contributed by atoms with Crippen LogP contribution in [0.5, 0.6) is 0 Å². The topological polar surface area (TPSA) is 0 Å². The first kappa shape index (κ1) is 17.0. The summed E-state index contributed by atoms with van der Waals surface area (Å²) in [6.45, 7) is 0. The molecular formula is C30H20Si. The van der Waals surface area contributed by atoms with E-state index in [1.807, 2.05) is 0 Å². The molecule has 6 aromatic rings. The monoisotopic (exact) mass is 408 g/mol. The van der Waals surface area contributed by atoms with Gasteiger partial charge in [0.2, 0.25) is 0 Å². The van der Waals surface area contributed by atoms with Crippen molar-refractivity contribution in [1.82, 2.24) is 0 Å². The van der Waals surface area contributed by atoms with Gasteiger partial charge >= 0.3 is 0 Å². The third-order valence-electron chi connectivity index (χ3n) is 6.77. The Morgan fingerprint density at radius 1 is 0.452 bits per heavy atom. The Balaban J connectivity index is 1.58. The zero-order chi connectivity index (χ0) is 20.4. The van der Waals surface area contributed by atoms with E-state index in [0.717, 1.165) is 0 Å². The molecule has 0 fully saturated rings. The lowest BCUT2D eigenvalue weighted by Crippen LogP contribution is -1.91. The fourth-order valence-corrected chi connectivity index (χ4v) is 6.53. The highest BCUT2D eigenvalue weighted by Gasteiger charge is 2.11. The average Bonchev–Trinajstić information content (AvgIpc) is 3.34. The highest BCUT2D eigenvalue weighted by molar-refractivity contribution is 6.67. The minimum atomic E-state index is -0.289. The summed E-state index contributed by atoms with van der Waals surface area (Å²) in [7, 11) is -0.289. The van der Waals surface area contributed by atoms with Gasteiger partial charge in [0.1, 0.15) is 0 Å². The lowest BCUT2D eigenvalue weighted by atomic mass is 9.93. The standard InChI is InChI=1S/C30H20Si/c1-2-6-20-14-25-17-27-23(16-24(25)13-19(20)5-1)11-10-22-15-21-7-3-8-26(28(21)18-29(22)27)30-9-4-12-31-30/h1-18H,31H2. The van der Waals surface area contributed by atoms with Crippen molar-refractivity contribution in [2.75, 3.05) is 0 Å². The van der Waals surface area contributed by atoms with Gasteiger partial charge in [-0.25, -0.2) is 0 Å². The van der Waals surface area contributed by atoms with Crippen molar-refractivity contribution >= 4 is 68.6 Å². The van der Waals surface area contributed by atoms with Crippen LogP contribution in [0.1, 0.15) is 5.56 Å². The minimum Gasteiger partial charge on any atom is -0.0961 e. The molecule has 31 heavy (non-hydrogen) atoms. The first-order valence-corrected chi connectivity index (χ1v) is 12.4. The molecule has 0 N–H and O–H groups in total. The van der Waals surface area contributed by atoms with Gasteiger partial charge in [0.05, 0.1) is 9.52 Å². The molecule has 6 aromatic carbocycles. The van der Waals surface area contributed by atoms with Gasteiger partial charge in [0.15, 0.2) is 0 Å². The number of hydrogen-bond acceptors (Lipinski definition) is 0. The molecule has 1 heteroatoms. The van der Waals surface area contributed by atoms with E-state index in [1.54, 1.807) is 5.20 Å². The zero-order valence-electron chi connectivity index (χ0n) is 17.1. The Labute approximate surface area is 182 Å². The molecule has 0 aliphatic carbocycles. The molecule has 1 aliphatic heterocycles. The predicted octanol–water partition coefficient (Wildman–Crippen LogP) is 7.49. The molecule has 0 amide bonds. The van der Waals surface area contributed by atoms with E-state index in [9.17, 15) is 0 Å². The largest absolute Gasteiger partial charge is 0.0961 e. The number of benzene rings is 6. The fraction of sp³-hybridized carbons (Fsp3) is 0. The van der Waals surface area contributed by atoms with Crippen LogP contribution in [0.3, 0.4) is 0 Å². The quantitative estimate of drug-likeness (QED) is 0.150. The molecule has 144 valence electrons. The zero-order valence-corrected chi connectivity index (χ0v) is 18.5. The highest BCUT2D eigenvalue weighted by atomic mass is 28.2. The van der Waals surface area contributed by atoms with Gasteiger partial charge in [-0.1, -0.05) is 77.6 Å². The van der Waals surface area contributed by atoms with E-state index in [-0.39, 0.29) is 9.52 Å². The maximum Gasteiger partial charge on any atom is 0.0791 e. The van der Waals surface area contributed by atoms with Gasteiger partial charge in [0, 0.05) is 0 Å². The van der Waals surface area contributed by atoms with Gasteiger partial charge in [-0.3, -0.25) is 0 Å². The summed E-state index contributed by atoms with van der Waals surface area (Å²) in [4.78, 5) is 0. The number of fused-ring (bicyclic) bond motifs is 6. The number of rotatable bonds is 1. The van der Waals surface area contributed by atoms with E-state index in [0.29, 0.717) is 0 Å². The van der Waals surface area contributed by atoms with Crippen LogP contribution in [0.4, 0.5) is 0 Å². The van der Waals surface area contributed by atoms with Crippen molar-refractivity contribution in [3.05, 3.63) is 114 Å². The molecule has 0 unspecified atom stereocenters. The third-order valence-corrected chi connectivity index (χ3v) is 8.34. The molecule has 0 saturated carbocycles. The molecule has 0 nitrogen and oxygen atoms in total. The molecule has 1 heterocycles. The number of allylic oxidation sites excluding steroid dienone is 2. The lowest BCUT2D eigenvalue weighted by Gasteiger charge is -2.12. The van der Waals surface area contributed by atoms with Crippen LogP contribution in [0, 0.1) is 0 Å². The van der Waals surface area contributed by atoms with Crippen LogP contribution in [0.2, 0.25) is 0 Å². The van der Waals surface area contributed by atoms with Crippen LogP contribution in [0.15, 0.2) is 109 Å². The van der Waals surface area contributed by atoms with Crippen molar-refractivity contribution in [2.45, 2.75) is 0 Å². The van der Waals surface area contributed by atoms with Crippen molar-refractivity contribution in [3.63, 3.8) is 0 Å². The summed E-state index contributed by atoms with van der Waals surface area (Å²) in [6.07, 6.45) is 4.54. The van der Waals surface area contributed by atoms with Crippen LogP contribution in [0.25, 0.3) is 59.1 Å². The van der Waals surface area contributed by atoms with Crippen LogP contribution in [-0.4, -0.2) is 9.52 Å². The molecule has 0 aromatic heterocycles. The maximum absolute atomic E-state index is 2.43. The first-order valence-electron chi connectivity index (χ1n) is 10.9. The van der Waals surface area contributed by atoms with Gasteiger partial charge in [-0.05, 0) is 95.8 Å². The molecule has 0 spiro atoms. The SMILES string of the molecule is C1=C[SiH2]C(c2cccc3cc4ccc5cc6cc7ccccc7cc6cc5c4cc23)=C1. The van der Waals surface area contributed by atoms with E-state index < -0.39 is 0 Å². The Morgan fingerprint density at radius 2 is 1.06 bits per heavy atom. The second kappa shape index (κ2) is 6.41. The second-order valence-corrected chi connectivity index (χ2v) is 10.3. The van der Waals surface area contributed by atoms with Crippen molar-refractivity contribution in [1.29, 1.82) is 0 Å². The molecule has 0 atom stereocenters. The fourth-order valence-electron chi connectivity index (χ4n) is 5.20. The van der Waals surface area contributed by atoms with Crippen LogP contribution in [-0.2, 0) is 0 Å². The van der Waals surface area contributed by atoms with E-state index in [4.69, 9.17) is 0 Å². The number of hydrogen-bond donors (Lipinski definition) is 0. The van der Waals surface area contributed by atoms with Gasteiger partial charge in [-0.2, -0.15) is 0 Å². The molecule has 0 radical (unpaired) electrons. The van der Waals surface area contributed by atoms with Crippen molar-refractivity contribution in [3.8, 4) is 0 Å². The Kier molecular flexibility index (Phi) is 3.52. The summed E-state index contributed by atoms with van der Waals surface area (Å²) < 4.78 is 0. The second-order valence-electron chi connectivity index (χ2n) is 8.61. The average molecular weight is 409 g/mol. The molecule has 1 aliphatic rings. The molecular weight excluding hydrogens is 388 g/mol. The summed E-state index contributed by atoms with van der Waals surface area (Å²) in [5.74, 6) is 0. The predicted molar refractivity (Wildman–Crippen MR) is 140 cm³/mol. The summed E-state index contributed by atoms with van der Waals surface area (Å²) in [5, 5.41) is 14.8. The minimum absolute atomic E-state index is 0.289. The highest BCUT2D eigenvalue weighted by Crippen LogP contribution is 2.35. The van der Waals surface area contributed by atoms with Crippen molar-refractivity contribution in [2.24, 2.45) is 0 Å². The van der Waals surface area contributed by atoms with Crippen LogP contribution < -0.4 is 0 Å². The van der Waals surface area contributed by atoms with E-state index >= 15 is 0 Å². The first-order chi connectivity index (χ1) is 15.3. The molecule has 7 rings (SSSR count). The maximum atomic E-state index is 2.43. The van der Waals surface area contributed by atoms with Crippen LogP contribution >= 0.6 is 0 Å².